The smallest absolute Gasteiger partial charge is 0.338 e. The van der Waals surface area contributed by atoms with Crippen molar-refractivity contribution >= 4 is 12.3 Å². The molecule has 0 heterocycles. The summed E-state index contributed by atoms with van der Waals surface area (Å²) in [4.78, 5) is 21.6. The summed E-state index contributed by atoms with van der Waals surface area (Å²) in [6.07, 6.45) is 5.72. The van der Waals surface area contributed by atoms with Crippen LogP contribution in [0.5, 0.6) is 0 Å². The predicted molar refractivity (Wildman–Crippen MR) is 70.6 cm³/mol. The van der Waals surface area contributed by atoms with Gasteiger partial charge in [-0.25, -0.2) is 4.79 Å². The van der Waals surface area contributed by atoms with Crippen LogP contribution in [-0.4, -0.2) is 18.9 Å². The highest BCUT2D eigenvalue weighted by Gasteiger charge is 2.05. The molecule has 3 nitrogen and oxygen atoms in total. The van der Waals surface area contributed by atoms with E-state index in [2.05, 4.69) is 0 Å². The monoisotopic (exact) mass is 248 g/mol. The molecule has 0 saturated heterocycles. The summed E-state index contributed by atoms with van der Waals surface area (Å²) >= 11 is 0. The number of carbonyl (C=O) groups excluding carboxylic acids is 2. The van der Waals surface area contributed by atoms with Gasteiger partial charge >= 0.3 is 5.97 Å². The second-order valence-electron chi connectivity index (χ2n) is 4.18. The lowest BCUT2D eigenvalue weighted by molar-refractivity contribution is -0.107. The standard InChI is InChI=1S/C15H20O3/c1-2-18-15(17)14-10-8-13(9-11-14)7-5-3-4-6-12-16/h8-12H,2-7H2,1H3. The molecule has 0 N–H and O–H groups in total. The number of aldehydes is 1. The molecule has 0 spiro atoms. The Morgan fingerprint density at radius 3 is 2.50 bits per heavy atom. The van der Waals surface area contributed by atoms with Gasteiger partial charge in [0.1, 0.15) is 6.29 Å². The van der Waals surface area contributed by atoms with Crippen molar-refractivity contribution in [1.29, 1.82) is 0 Å². The molecule has 0 aliphatic rings. The van der Waals surface area contributed by atoms with E-state index >= 15 is 0 Å². The molecule has 0 bridgehead atoms. The van der Waals surface area contributed by atoms with Gasteiger partial charge in [-0.2, -0.15) is 0 Å². The van der Waals surface area contributed by atoms with E-state index in [1.165, 1.54) is 5.56 Å². The highest BCUT2D eigenvalue weighted by atomic mass is 16.5. The molecule has 18 heavy (non-hydrogen) atoms. The highest BCUT2D eigenvalue weighted by Crippen LogP contribution is 2.10. The van der Waals surface area contributed by atoms with Crippen molar-refractivity contribution in [2.24, 2.45) is 0 Å². The fourth-order valence-corrected chi connectivity index (χ4v) is 1.76. The van der Waals surface area contributed by atoms with Crippen LogP contribution in [0.4, 0.5) is 0 Å². The van der Waals surface area contributed by atoms with E-state index in [1.807, 2.05) is 12.1 Å². The maximum Gasteiger partial charge on any atom is 0.338 e. The number of hydrogen-bond donors (Lipinski definition) is 0. The summed E-state index contributed by atoms with van der Waals surface area (Å²) in [6, 6.07) is 7.54. The van der Waals surface area contributed by atoms with E-state index in [-0.39, 0.29) is 5.97 Å². The summed E-state index contributed by atoms with van der Waals surface area (Å²) in [5.74, 6) is -0.268. The molecule has 0 amide bonds. The van der Waals surface area contributed by atoms with Crippen molar-refractivity contribution < 1.29 is 14.3 Å². The summed E-state index contributed by atoms with van der Waals surface area (Å²) < 4.78 is 4.92. The molecule has 0 aliphatic heterocycles. The van der Waals surface area contributed by atoms with E-state index in [1.54, 1.807) is 19.1 Å². The van der Waals surface area contributed by atoms with Gasteiger partial charge in [0.05, 0.1) is 12.2 Å². The van der Waals surface area contributed by atoms with Crippen LogP contribution in [0.15, 0.2) is 24.3 Å². The Hall–Kier alpha value is -1.64. The quantitative estimate of drug-likeness (QED) is 0.403. The van der Waals surface area contributed by atoms with E-state index in [0.29, 0.717) is 18.6 Å². The topological polar surface area (TPSA) is 43.4 Å². The van der Waals surface area contributed by atoms with Crippen molar-refractivity contribution in [1.82, 2.24) is 0 Å². The minimum absolute atomic E-state index is 0.268. The van der Waals surface area contributed by atoms with Crippen molar-refractivity contribution in [2.45, 2.75) is 39.0 Å². The average Bonchev–Trinajstić information content (AvgIpc) is 2.39. The summed E-state index contributed by atoms with van der Waals surface area (Å²) in [6.45, 7) is 2.20. The zero-order valence-corrected chi connectivity index (χ0v) is 10.9. The van der Waals surface area contributed by atoms with E-state index < -0.39 is 0 Å². The number of esters is 1. The molecule has 0 atom stereocenters. The summed E-state index contributed by atoms with van der Waals surface area (Å²) in [7, 11) is 0. The second kappa shape index (κ2) is 8.45. The average molecular weight is 248 g/mol. The maximum atomic E-state index is 11.4. The minimum Gasteiger partial charge on any atom is -0.462 e. The van der Waals surface area contributed by atoms with Gasteiger partial charge in [0, 0.05) is 6.42 Å². The first-order valence-corrected chi connectivity index (χ1v) is 6.47. The number of benzene rings is 1. The molecule has 0 unspecified atom stereocenters. The largest absolute Gasteiger partial charge is 0.462 e. The SMILES string of the molecule is CCOC(=O)c1ccc(CCCCCC=O)cc1. The fraction of sp³-hybridized carbons (Fsp3) is 0.467. The van der Waals surface area contributed by atoms with Crippen LogP contribution in [0.25, 0.3) is 0 Å². The minimum atomic E-state index is -0.268. The zero-order valence-electron chi connectivity index (χ0n) is 10.9. The molecular weight excluding hydrogens is 228 g/mol. The van der Waals surface area contributed by atoms with E-state index in [9.17, 15) is 9.59 Å². The van der Waals surface area contributed by atoms with Crippen LogP contribution in [0.2, 0.25) is 0 Å². The second-order valence-corrected chi connectivity index (χ2v) is 4.18. The Kier molecular flexibility index (Phi) is 6.77. The summed E-state index contributed by atoms with van der Waals surface area (Å²) in [5.41, 5.74) is 1.82. The van der Waals surface area contributed by atoms with Crippen LogP contribution in [0.3, 0.4) is 0 Å². The Morgan fingerprint density at radius 2 is 1.89 bits per heavy atom. The first kappa shape index (κ1) is 14.4. The van der Waals surface area contributed by atoms with Gasteiger partial charge in [-0.3, -0.25) is 0 Å². The van der Waals surface area contributed by atoms with Crippen LogP contribution >= 0.6 is 0 Å². The molecule has 3 heteroatoms. The van der Waals surface area contributed by atoms with Crippen molar-refractivity contribution in [3.63, 3.8) is 0 Å². The van der Waals surface area contributed by atoms with Crippen LogP contribution < -0.4 is 0 Å². The number of hydrogen-bond acceptors (Lipinski definition) is 3. The van der Waals surface area contributed by atoms with E-state index in [4.69, 9.17) is 4.74 Å². The Labute approximate surface area is 108 Å². The lowest BCUT2D eigenvalue weighted by atomic mass is 10.0. The van der Waals surface area contributed by atoms with E-state index in [0.717, 1.165) is 32.0 Å². The third-order valence-corrected chi connectivity index (χ3v) is 2.75. The predicted octanol–water partition coefficient (Wildman–Crippen LogP) is 3.17. The number of carbonyl (C=O) groups is 2. The third-order valence-electron chi connectivity index (χ3n) is 2.75. The molecule has 1 rings (SSSR count). The number of ether oxygens (including phenoxy) is 1. The first-order valence-electron chi connectivity index (χ1n) is 6.47. The zero-order chi connectivity index (χ0) is 13.2. The normalized spacial score (nSPS) is 10.1. The van der Waals surface area contributed by atoms with Crippen LogP contribution in [-0.2, 0) is 16.0 Å². The molecule has 1 aromatic rings. The molecule has 1 aromatic carbocycles. The first-order chi connectivity index (χ1) is 8.77. The molecule has 0 radical (unpaired) electrons. The number of aryl methyl sites for hydroxylation is 1. The number of unbranched alkanes of at least 4 members (excludes halogenated alkanes) is 3. The van der Waals surface area contributed by atoms with Gasteiger partial charge in [0.2, 0.25) is 0 Å². The van der Waals surface area contributed by atoms with Gasteiger partial charge in [-0.15, -0.1) is 0 Å². The lowest BCUT2D eigenvalue weighted by Crippen LogP contribution is -2.04. The fourth-order valence-electron chi connectivity index (χ4n) is 1.76. The van der Waals surface area contributed by atoms with Gasteiger partial charge in [-0.05, 0) is 43.9 Å². The summed E-state index contributed by atoms with van der Waals surface area (Å²) in [5, 5.41) is 0. The van der Waals surface area contributed by atoms with Crippen molar-refractivity contribution in [3.05, 3.63) is 35.4 Å². The Balaban J connectivity index is 2.36. The van der Waals surface area contributed by atoms with Gasteiger partial charge in [-0.1, -0.05) is 18.6 Å². The Morgan fingerprint density at radius 1 is 1.17 bits per heavy atom. The van der Waals surface area contributed by atoms with Crippen molar-refractivity contribution in [2.75, 3.05) is 6.61 Å². The molecule has 0 fully saturated rings. The highest BCUT2D eigenvalue weighted by molar-refractivity contribution is 5.89. The maximum absolute atomic E-state index is 11.4. The van der Waals surface area contributed by atoms with Gasteiger partial charge in [0.15, 0.2) is 0 Å². The molecule has 0 saturated carbocycles. The number of rotatable bonds is 8. The third kappa shape index (κ3) is 5.13. The molecular formula is C15H20O3. The van der Waals surface area contributed by atoms with Crippen molar-refractivity contribution in [3.8, 4) is 0 Å². The van der Waals surface area contributed by atoms with Gasteiger partial charge in [0.25, 0.3) is 0 Å². The van der Waals surface area contributed by atoms with Crippen LogP contribution in [0, 0.1) is 0 Å². The van der Waals surface area contributed by atoms with Gasteiger partial charge < -0.3 is 9.53 Å². The lowest BCUT2D eigenvalue weighted by Gasteiger charge is -2.04. The van der Waals surface area contributed by atoms with Crippen LogP contribution in [0.1, 0.15) is 48.5 Å². The molecule has 0 aromatic heterocycles. The Bertz CT molecular complexity index is 368. The molecule has 98 valence electrons. The molecule has 0 aliphatic carbocycles.